The normalized spacial score (nSPS) is 18.1. The van der Waals surface area contributed by atoms with Gasteiger partial charge in [-0.05, 0) is 19.1 Å². The molecule has 2 N–H and O–H groups in total. The number of benzene rings is 1. The molecule has 2 aromatic rings. The van der Waals surface area contributed by atoms with E-state index in [0.717, 1.165) is 5.56 Å². The summed E-state index contributed by atoms with van der Waals surface area (Å²) < 4.78 is 6.23. The molecule has 2 aliphatic heterocycles. The zero-order valence-corrected chi connectivity index (χ0v) is 14.8. The number of ether oxygens (including phenoxy) is 1. The van der Waals surface area contributed by atoms with Gasteiger partial charge in [0.1, 0.15) is 17.7 Å². The highest BCUT2D eigenvalue weighted by molar-refractivity contribution is 6.00. The molecule has 27 heavy (non-hydrogen) atoms. The first-order valence-corrected chi connectivity index (χ1v) is 8.71. The van der Waals surface area contributed by atoms with Gasteiger partial charge in [-0.1, -0.05) is 11.6 Å². The summed E-state index contributed by atoms with van der Waals surface area (Å²) in [5, 5.41) is 11.3. The zero-order valence-electron chi connectivity index (χ0n) is 14.8. The number of Topliss-reactive ketones (excluding diaryl/α,β-unsaturated/α-hetero) is 1. The van der Waals surface area contributed by atoms with Crippen LogP contribution in [-0.4, -0.2) is 39.4 Å². The molecule has 0 unspecified atom stereocenters. The number of carbonyl (C=O) groups is 1. The number of ketones is 1. The molecule has 1 aromatic carbocycles. The first-order chi connectivity index (χ1) is 12.9. The van der Waals surface area contributed by atoms with Crippen molar-refractivity contribution in [2.75, 3.05) is 23.7 Å². The van der Waals surface area contributed by atoms with Crippen molar-refractivity contribution in [1.82, 2.24) is 9.97 Å². The third-order valence-electron chi connectivity index (χ3n) is 5.23. The number of aromatic nitrogens is 2. The Morgan fingerprint density at radius 1 is 1.30 bits per heavy atom. The molecule has 140 valence electrons. The zero-order chi connectivity index (χ0) is 19.2. The monoisotopic (exact) mass is 369 g/mol. The summed E-state index contributed by atoms with van der Waals surface area (Å²) >= 11 is 0. The Kier molecular flexibility index (Phi) is 3.94. The Balaban J connectivity index is 1.57. The lowest BCUT2D eigenvalue weighted by atomic mass is 9.82. The van der Waals surface area contributed by atoms with E-state index in [2.05, 4.69) is 9.97 Å². The molecule has 1 saturated heterocycles. The second-order valence-corrected chi connectivity index (χ2v) is 7.06. The molecule has 1 fully saturated rings. The third-order valence-corrected chi connectivity index (χ3v) is 5.23. The summed E-state index contributed by atoms with van der Waals surface area (Å²) in [7, 11) is 0. The molecular formula is C18H19N5O4. The number of hydrogen-bond acceptors (Lipinski definition) is 8. The van der Waals surface area contributed by atoms with Gasteiger partial charge in [-0.2, -0.15) is 0 Å². The summed E-state index contributed by atoms with van der Waals surface area (Å²) in [6.07, 6.45) is 2.66. The SMILES string of the molecule is Cc1ccc2c(c1)C(=O)CC1(CCN(c3ncnc(N)c3[N+](=O)[O-])CC1)O2. The van der Waals surface area contributed by atoms with Crippen LogP contribution in [0.15, 0.2) is 24.5 Å². The van der Waals surface area contributed by atoms with Crippen molar-refractivity contribution in [3.8, 4) is 5.75 Å². The van der Waals surface area contributed by atoms with Crippen molar-refractivity contribution < 1.29 is 14.5 Å². The molecule has 0 aliphatic carbocycles. The molecule has 0 radical (unpaired) electrons. The number of carbonyl (C=O) groups excluding carboxylic acids is 1. The number of nitrogen functional groups attached to an aromatic ring is 1. The first kappa shape index (κ1) is 17.2. The second-order valence-electron chi connectivity index (χ2n) is 7.06. The molecule has 9 heteroatoms. The summed E-state index contributed by atoms with van der Waals surface area (Å²) in [5.41, 5.74) is 6.44. The Bertz CT molecular complexity index is 937. The Morgan fingerprint density at radius 2 is 2.04 bits per heavy atom. The topological polar surface area (TPSA) is 124 Å². The molecule has 2 aliphatic rings. The molecular weight excluding hydrogens is 350 g/mol. The lowest BCUT2D eigenvalue weighted by Gasteiger charge is -2.44. The maximum absolute atomic E-state index is 12.6. The Morgan fingerprint density at radius 3 is 2.74 bits per heavy atom. The smallest absolute Gasteiger partial charge is 0.353 e. The number of nitro groups is 1. The van der Waals surface area contributed by atoms with Gasteiger partial charge in [-0.15, -0.1) is 0 Å². The molecule has 0 saturated carbocycles. The number of nitrogens with zero attached hydrogens (tertiary/aromatic N) is 4. The highest BCUT2D eigenvalue weighted by Crippen LogP contribution is 2.41. The summed E-state index contributed by atoms with van der Waals surface area (Å²) in [5.74, 6) is 0.743. The van der Waals surface area contributed by atoms with Gasteiger partial charge in [0.05, 0.1) is 16.9 Å². The number of rotatable bonds is 2. The van der Waals surface area contributed by atoms with Crippen LogP contribution in [0.4, 0.5) is 17.3 Å². The fourth-order valence-electron chi connectivity index (χ4n) is 3.80. The van der Waals surface area contributed by atoms with Crippen molar-refractivity contribution in [1.29, 1.82) is 0 Å². The number of piperidine rings is 1. The van der Waals surface area contributed by atoms with Gasteiger partial charge in [0.25, 0.3) is 0 Å². The van der Waals surface area contributed by atoms with Crippen LogP contribution in [0, 0.1) is 17.0 Å². The third kappa shape index (κ3) is 2.94. The number of aryl methyl sites for hydroxylation is 1. The van der Waals surface area contributed by atoms with E-state index in [0.29, 0.717) is 43.7 Å². The quantitative estimate of drug-likeness (QED) is 0.631. The molecule has 1 aromatic heterocycles. The van der Waals surface area contributed by atoms with Gasteiger partial charge in [-0.3, -0.25) is 14.9 Å². The average Bonchev–Trinajstić information content (AvgIpc) is 2.63. The Hall–Kier alpha value is -3.23. The summed E-state index contributed by atoms with van der Waals surface area (Å²) in [6, 6.07) is 5.62. The summed E-state index contributed by atoms with van der Waals surface area (Å²) in [4.78, 5) is 33.0. The van der Waals surface area contributed by atoms with Gasteiger partial charge < -0.3 is 15.4 Å². The second kappa shape index (κ2) is 6.19. The maximum atomic E-state index is 12.6. The number of anilines is 2. The summed E-state index contributed by atoms with van der Waals surface area (Å²) in [6.45, 7) is 2.90. The standard InChI is InChI=1S/C18H19N5O4/c1-11-2-3-14-12(8-11)13(24)9-18(27-14)4-6-22(7-5-18)17-15(23(25)26)16(19)20-10-21-17/h2-3,8,10H,4-7,9H2,1H3,(H2,19,20,21). The van der Waals surface area contributed by atoms with Gasteiger partial charge in [-0.25, -0.2) is 9.97 Å². The van der Waals surface area contributed by atoms with Gasteiger partial charge >= 0.3 is 5.69 Å². The fraction of sp³-hybridized carbons (Fsp3) is 0.389. The van der Waals surface area contributed by atoms with Crippen molar-refractivity contribution in [2.24, 2.45) is 0 Å². The van der Waals surface area contributed by atoms with Crippen molar-refractivity contribution in [3.63, 3.8) is 0 Å². The van der Waals surface area contributed by atoms with Gasteiger partial charge in [0.2, 0.25) is 11.6 Å². The van der Waals surface area contributed by atoms with Crippen LogP contribution in [0.3, 0.4) is 0 Å². The highest BCUT2D eigenvalue weighted by atomic mass is 16.6. The largest absolute Gasteiger partial charge is 0.486 e. The molecule has 3 heterocycles. The molecule has 9 nitrogen and oxygen atoms in total. The lowest BCUT2D eigenvalue weighted by Crippen LogP contribution is -2.51. The van der Waals surface area contributed by atoms with E-state index in [1.54, 1.807) is 4.90 Å². The lowest BCUT2D eigenvalue weighted by molar-refractivity contribution is -0.383. The predicted octanol–water partition coefficient (Wildman–Crippen LogP) is 2.28. The van der Waals surface area contributed by atoms with Crippen LogP contribution >= 0.6 is 0 Å². The van der Waals surface area contributed by atoms with Crippen LogP contribution in [0.1, 0.15) is 35.2 Å². The number of nitrogens with two attached hydrogens (primary N) is 1. The van der Waals surface area contributed by atoms with Crippen LogP contribution in [0.5, 0.6) is 5.75 Å². The van der Waals surface area contributed by atoms with Crippen LogP contribution in [0.2, 0.25) is 0 Å². The van der Waals surface area contributed by atoms with E-state index in [4.69, 9.17) is 10.5 Å². The maximum Gasteiger partial charge on any atom is 0.353 e. The minimum Gasteiger partial charge on any atom is -0.486 e. The van der Waals surface area contributed by atoms with E-state index in [9.17, 15) is 14.9 Å². The highest BCUT2D eigenvalue weighted by Gasteiger charge is 2.44. The van der Waals surface area contributed by atoms with Gasteiger partial charge in [0.15, 0.2) is 5.78 Å². The molecule has 4 rings (SSSR count). The minimum atomic E-state index is -0.580. The van der Waals surface area contributed by atoms with Crippen LogP contribution in [0.25, 0.3) is 0 Å². The number of fused-ring (bicyclic) bond motifs is 1. The molecule has 0 bridgehead atoms. The van der Waals surface area contributed by atoms with E-state index in [1.165, 1.54) is 6.33 Å². The van der Waals surface area contributed by atoms with E-state index in [-0.39, 0.29) is 23.1 Å². The van der Waals surface area contributed by atoms with Gasteiger partial charge in [0, 0.05) is 25.9 Å². The van der Waals surface area contributed by atoms with Crippen LogP contribution < -0.4 is 15.4 Å². The Labute approximate surface area is 155 Å². The first-order valence-electron chi connectivity index (χ1n) is 8.71. The number of hydrogen-bond donors (Lipinski definition) is 1. The average molecular weight is 369 g/mol. The molecule has 0 atom stereocenters. The van der Waals surface area contributed by atoms with Crippen LogP contribution in [-0.2, 0) is 0 Å². The van der Waals surface area contributed by atoms with E-state index >= 15 is 0 Å². The fourth-order valence-corrected chi connectivity index (χ4v) is 3.80. The van der Waals surface area contributed by atoms with E-state index < -0.39 is 10.5 Å². The molecule has 1 spiro atoms. The van der Waals surface area contributed by atoms with Crippen molar-refractivity contribution >= 4 is 23.1 Å². The predicted molar refractivity (Wildman–Crippen MR) is 98.0 cm³/mol. The minimum absolute atomic E-state index is 0.0747. The van der Waals surface area contributed by atoms with Crippen molar-refractivity contribution in [3.05, 3.63) is 45.8 Å². The van der Waals surface area contributed by atoms with E-state index in [1.807, 2.05) is 25.1 Å². The molecule has 0 amide bonds. The van der Waals surface area contributed by atoms with Crippen molar-refractivity contribution in [2.45, 2.75) is 31.8 Å².